The highest BCUT2D eigenvalue weighted by atomic mass is 32.2. The number of carbonyl (C=O) groups excluding carboxylic acids is 1. The van der Waals surface area contributed by atoms with E-state index in [1.807, 2.05) is 48.5 Å². The third-order valence-corrected chi connectivity index (χ3v) is 11.5. The molecule has 0 bridgehead atoms. The number of thiophene rings is 1. The van der Waals surface area contributed by atoms with E-state index in [4.69, 9.17) is 0 Å². The van der Waals surface area contributed by atoms with Crippen molar-refractivity contribution in [2.45, 2.75) is 50.0 Å². The molecule has 0 amide bonds. The molecule has 2 aliphatic rings. The number of anilines is 1. The first-order valence-corrected chi connectivity index (χ1v) is 16.8. The summed E-state index contributed by atoms with van der Waals surface area (Å²) in [5.41, 5.74) is 4.26. The summed E-state index contributed by atoms with van der Waals surface area (Å²) in [6.07, 6.45) is 6.96. The van der Waals surface area contributed by atoms with Gasteiger partial charge in [-0.2, -0.15) is 4.31 Å². The zero-order valence-corrected chi connectivity index (χ0v) is 25.4. The van der Waals surface area contributed by atoms with Gasteiger partial charge in [-0.3, -0.25) is 9.78 Å². The number of rotatable bonds is 7. The Kier molecular flexibility index (Phi) is 8.12. The molecule has 1 aliphatic carbocycles. The van der Waals surface area contributed by atoms with Crippen LogP contribution in [0.2, 0.25) is 0 Å². The van der Waals surface area contributed by atoms with Crippen LogP contribution >= 0.6 is 11.3 Å². The Morgan fingerprint density at radius 2 is 1.62 bits per heavy atom. The molecule has 1 saturated heterocycles. The molecule has 0 spiro atoms. The summed E-state index contributed by atoms with van der Waals surface area (Å²) < 4.78 is 29.5. The predicted octanol–water partition coefficient (Wildman–Crippen LogP) is 7.90. The van der Waals surface area contributed by atoms with Gasteiger partial charge in [-0.15, -0.1) is 11.3 Å². The first-order valence-electron chi connectivity index (χ1n) is 14.5. The zero-order chi connectivity index (χ0) is 29.3. The quantitative estimate of drug-likeness (QED) is 0.202. The van der Waals surface area contributed by atoms with Crippen LogP contribution in [0.4, 0.5) is 5.69 Å². The number of hydrogen-bond donors (Lipinski definition) is 0. The average molecular weight is 600 g/mol. The molecule has 0 unspecified atom stereocenters. The number of piperazine rings is 1. The Balaban J connectivity index is 0.00000368. The van der Waals surface area contributed by atoms with Gasteiger partial charge in [0.25, 0.3) is 0 Å². The minimum atomic E-state index is -3.82. The van der Waals surface area contributed by atoms with Crippen molar-refractivity contribution in [2.24, 2.45) is 5.92 Å². The van der Waals surface area contributed by atoms with E-state index in [2.05, 4.69) is 34.7 Å². The number of hydrogen-bond acceptors (Lipinski definition) is 6. The van der Waals surface area contributed by atoms with Crippen molar-refractivity contribution in [1.29, 1.82) is 0 Å². The van der Waals surface area contributed by atoms with Gasteiger partial charge in [0, 0.05) is 37.2 Å². The fraction of sp³-hybridized carbons (Fsp3) is 0.294. The van der Waals surface area contributed by atoms with E-state index in [0.717, 1.165) is 53.1 Å². The normalized spacial score (nSPS) is 18.7. The van der Waals surface area contributed by atoms with Gasteiger partial charge in [-0.05, 0) is 42.5 Å². The summed E-state index contributed by atoms with van der Waals surface area (Å²) in [5, 5.41) is 0. The van der Waals surface area contributed by atoms with Crippen LogP contribution in [-0.2, 0) is 10.0 Å². The SMILES string of the molecule is C=C1CN(S(=O)(=O)c2ccc(-c3ccccc3)nc2)C[C@@H](C2CCCCC2)N1c1cc(-c2ccccc2)sc1C(C)=O.[HH]. The lowest BCUT2D eigenvalue weighted by atomic mass is 9.82. The number of aromatic nitrogens is 1. The van der Waals surface area contributed by atoms with Gasteiger partial charge in [0.2, 0.25) is 10.0 Å². The van der Waals surface area contributed by atoms with Crippen LogP contribution in [0.5, 0.6) is 0 Å². The van der Waals surface area contributed by atoms with Crippen LogP contribution in [0.15, 0.2) is 102 Å². The zero-order valence-electron chi connectivity index (χ0n) is 23.8. The number of sulfonamides is 1. The van der Waals surface area contributed by atoms with Crippen molar-refractivity contribution in [3.05, 3.63) is 102 Å². The summed E-state index contributed by atoms with van der Waals surface area (Å²) in [4.78, 5) is 21.5. The number of pyridine rings is 1. The second-order valence-electron chi connectivity index (χ2n) is 11.2. The van der Waals surface area contributed by atoms with E-state index < -0.39 is 10.0 Å². The molecule has 0 N–H and O–H groups in total. The molecular formula is C34H37N3O3S2. The van der Waals surface area contributed by atoms with E-state index in [9.17, 15) is 13.2 Å². The number of carbonyl (C=O) groups is 1. The van der Waals surface area contributed by atoms with Crippen LogP contribution in [0.3, 0.4) is 0 Å². The summed E-state index contributed by atoms with van der Waals surface area (Å²) in [5.74, 6) is 0.305. The average Bonchev–Trinajstić information content (AvgIpc) is 3.47. The summed E-state index contributed by atoms with van der Waals surface area (Å²) in [6, 6.07) is 25.2. The Hall–Kier alpha value is -3.59. The number of Topliss-reactive ketones (excluding diaryl/α,β-unsaturated/α-hetero) is 1. The van der Waals surface area contributed by atoms with Gasteiger partial charge >= 0.3 is 0 Å². The highest BCUT2D eigenvalue weighted by Gasteiger charge is 2.41. The van der Waals surface area contributed by atoms with Crippen molar-refractivity contribution >= 4 is 32.8 Å². The standard InChI is InChI=1S/C34H35N3O3S2.H2/c1-24-22-36(42(39,40)29-18-19-30(35-21-29)26-12-6-3-7-13-26)23-32(27-14-8-4-9-15-27)37(24)31-20-33(41-34(31)25(2)38)28-16-10-5-11-17-28;/h3,5-7,10-13,16-21,27,32H,1,4,8-9,14-15,22-23H2,2H3;1H/t32-;/m0./s1. The van der Waals surface area contributed by atoms with Crippen molar-refractivity contribution < 1.29 is 14.6 Å². The smallest absolute Gasteiger partial charge is 0.245 e. The number of ketones is 1. The minimum absolute atomic E-state index is 0. The summed E-state index contributed by atoms with van der Waals surface area (Å²) >= 11 is 1.50. The van der Waals surface area contributed by atoms with Crippen LogP contribution < -0.4 is 4.90 Å². The number of nitrogens with zero attached hydrogens (tertiary/aromatic N) is 3. The maximum absolute atomic E-state index is 14.0. The molecule has 1 saturated carbocycles. The van der Waals surface area contributed by atoms with Crippen LogP contribution in [0.25, 0.3) is 21.7 Å². The fourth-order valence-corrected chi connectivity index (χ4v) is 8.74. The van der Waals surface area contributed by atoms with Crippen LogP contribution in [0.1, 0.15) is 50.1 Å². The van der Waals surface area contributed by atoms with Crippen molar-refractivity contribution in [1.82, 2.24) is 9.29 Å². The van der Waals surface area contributed by atoms with E-state index in [-0.39, 0.29) is 24.7 Å². The van der Waals surface area contributed by atoms with Crippen LogP contribution in [-0.4, -0.2) is 42.6 Å². The van der Waals surface area contributed by atoms with Crippen molar-refractivity contribution in [3.63, 3.8) is 0 Å². The first-order chi connectivity index (χ1) is 20.3. The molecule has 2 aromatic carbocycles. The van der Waals surface area contributed by atoms with E-state index in [1.165, 1.54) is 24.0 Å². The lowest BCUT2D eigenvalue weighted by molar-refractivity contribution is 0.102. The Labute approximate surface area is 253 Å². The summed E-state index contributed by atoms with van der Waals surface area (Å²) in [7, 11) is -3.82. The molecule has 8 heteroatoms. The maximum atomic E-state index is 14.0. The molecule has 4 aromatic rings. The monoisotopic (exact) mass is 599 g/mol. The van der Waals surface area contributed by atoms with Gasteiger partial charge < -0.3 is 4.90 Å². The molecule has 1 atom stereocenters. The maximum Gasteiger partial charge on any atom is 0.245 e. The van der Waals surface area contributed by atoms with E-state index in [0.29, 0.717) is 23.0 Å². The minimum Gasteiger partial charge on any atom is -0.338 e. The second kappa shape index (κ2) is 12.0. The molecule has 3 heterocycles. The predicted molar refractivity (Wildman–Crippen MR) is 172 cm³/mol. The van der Waals surface area contributed by atoms with Gasteiger partial charge in [0.15, 0.2) is 5.78 Å². The molecule has 6 nitrogen and oxygen atoms in total. The van der Waals surface area contributed by atoms with Crippen molar-refractivity contribution in [3.8, 4) is 21.7 Å². The highest BCUT2D eigenvalue weighted by Crippen LogP contribution is 2.43. The van der Waals surface area contributed by atoms with Gasteiger partial charge in [0.1, 0.15) is 4.90 Å². The molecule has 218 valence electrons. The lowest BCUT2D eigenvalue weighted by Crippen LogP contribution is -2.56. The first kappa shape index (κ1) is 28.5. The topological polar surface area (TPSA) is 70.6 Å². The molecule has 1 aliphatic heterocycles. The second-order valence-corrected chi connectivity index (χ2v) is 14.2. The van der Waals surface area contributed by atoms with Crippen molar-refractivity contribution in [2.75, 3.05) is 18.0 Å². The van der Waals surface area contributed by atoms with Crippen LogP contribution in [0, 0.1) is 5.92 Å². The fourth-order valence-electron chi connectivity index (χ4n) is 6.30. The molecule has 42 heavy (non-hydrogen) atoms. The number of benzene rings is 2. The van der Waals surface area contributed by atoms with E-state index >= 15 is 0 Å². The Morgan fingerprint density at radius 3 is 2.24 bits per heavy atom. The third-order valence-electron chi connectivity index (χ3n) is 8.41. The largest absolute Gasteiger partial charge is 0.338 e. The van der Waals surface area contributed by atoms with Gasteiger partial charge in [-0.1, -0.05) is 86.5 Å². The van der Waals surface area contributed by atoms with E-state index in [1.54, 1.807) is 23.4 Å². The van der Waals surface area contributed by atoms with Gasteiger partial charge in [0.05, 0.1) is 28.8 Å². The molecule has 2 aromatic heterocycles. The molecule has 0 radical (unpaired) electrons. The third kappa shape index (κ3) is 5.59. The Morgan fingerprint density at radius 1 is 0.952 bits per heavy atom. The molecular weight excluding hydrogens is 563 g/mol. The van der Waals surface area contributed by atoms with Gasteiger partial charge in [-0.25, -0.2) is 8.42 Å². The molecule has 6 rings (SSSR count). The highest BCUT2D eigenvalue weighted by molar-refractivity contribution is 7.89. The Bertz CT molecular complexity index is 1680. The summed E-state index contributed by atoms with van der Waals surface area (Å²) in [6.45, 7) is 6.50. The lowest BCUT2D eigenvalue weighted by Gasteiger charge is -2.47. The molecule has 2 fully saturated rings.